The molecule has 0 atom stereocenters. The van der Waals surface area contributed by atoms with Crippen LogP contribution in [0.2, 0.25) is 5.02 Å². The Morgan fingerprint density at radius 3 is 2.54 bits per heavy atom. The Labute approximate surface area is 158 Å². The van der Waals surface area contributed by atoms with Crippen molar-refractivity contribution in [3.8, 4) is 11.4 Å². The van der Waals surface area contributed by atoms with Gasteiger partial charge in [-0.2, -0.15) is 0 Å². The molecule has 0 aliphatic carbocycles. The normalized spacial score (nSPS) is 11.6. The zero-order valence-corrected chi connectivity index (χ0v) is 15.7. The lowest BCUT2D eigenvalue weighted by molar-refractivity contribution is 0.570. The molecule has 136 valence electrons. The number of hydrogen-bond donors (Lipinski definition) is 1. The second-order valence-electron chi connectivity index (χ2n) is 5.91. The molecule has 5 nitrogen and oxygen atoms in total. The molecular weight excluding hydrogens is 370 g/mol. The van der Waals surface area contributed by atoms with E-state index in [1.165, 1.54) is 0 Å². The van der Waals surface area contributed by atoms with E-state index in [2.05, 4.69) is 9.71 Å². The van der Waals surface area contributed by atoms with Gasteiger partial charge in [-0.3, -0.25) is 0 Å². The van der Waals surface area contributed by atoms with Gasteiger partial charge in [0.25, 0.3) is 0 Å². The first-order valence-electron chi connectivity index (χ1n) is 8.32. The average Bonchev–Trinajstić information content (AvgIpc) is 3.10. The van der Waals surface area contributed by atoms with Gasteiger partial charge in [0.2, 0.25) is 10.0 Å². The fraction of sp³-hybridized carbons (Fsp3) is 0.211. The number of imidazole rings is 1. The number of nitrogens with zero attached hydrogens (tertiary/aromatic N) is 2. The minimum atomic E-state index is -3.42. The van der Waals surface area contributed by atoms with Crippen LogP contribution in [0.25, 0.3) is 11.4 Å². The van der Waals surface area contributed by atoms with Crippen LogP contribution in [-0.2, 0) is 22.3 Å². The molecule has 0 saturated heterocycles. The van der Waals surface area contributed by atoms with Gasteiger partial charge >= 0.3 is 0 Å². The fourth-order valence-electron chi connectivity index (χ4n) is 2.69. The van der Waals surface area contributed by atoms with Crippen LogP contribution in [0.4, 0.5) is 0 Å². The van der Waals surface area contributed by atoms with Gasteiger partial charge in [-0.05, 0) is 18.1 Å². The van der Waals surface area contributed by atoms with Crippen LogP contribution in [0.3, 0.4) is 0 Å². The van der Waals surface area contributed by atoms with Crippen LogP contribution in [0.1, 0.15) is 12.0 Å². The van der Waals surface area contributed by atoms with Crippen LogP contribution in [0.5, 0.6) is 0 Å². The third-order valence-electron chi connectivity index (χ3n) is 3.95. The predicted octanol–water partition coefficient (Wildman–Crippen LogP) is 3.71. The molecule has 0 unspecified atom stereocenters. The van der Waals surface area contributed by atoms with E-state index < -0.39 is 10.0 Å². The summed E-state index contributed by atoms with van der Waals surface area (Å²) in [4.78, 5) is 4.39. The number of nitrogens with one attached hydrogen (secondary N) is 1. The first-order valence-corrected chi connectivity index (χ1v) is 10.4. The summed E-state index contributed by atoms with van der Waals surface area (Å²) in [6, 6.07) is 16.9. The lowest BCUT2D eigenvalue weighted by Gasteiger charge is -2.10. The van der Waals surface area contributed by atoms with Gasteiger partial charge in [0.15, 0.2) is 0 Å². The largest absolute Gasteiger partial charge is 0.331 e. The second-order valence-corrected chi connectivity index (χ2v) is 8.12. The van der Waals surface area contributed by atoms with E-state index in [9.17, 15) is 8.42 Å². The number of halogens is 1. The topological polar surface area (TPSA) is 64.0 Å². The molecule has 0 radical (unpaired) electrons. The Hall–Kier alpha value is -2.15. The van der Waals surface area contributed by atoms with Crippen LogP contribution >= 0.6 is 11.6 Å². The van der Waals surface area contributed by atoms with Crippen molar-refractivity contribution in [2.45, 2.75) is 18.7 Å². The van der Waals surface area contributed by atoms with Crippen molar-refractivity contribution in [2.24, 2.45) is 0 Å². The quantitative estimate of drug-likeness (QED) is 0.597. The van der Waals surface area contributed by atoms with Crippen LogP contribution in [-0.4, -0.2) is 24.5 Å². The first-order chi connectivity index (χ1) is 12.6. The Kier molecular flexibility index (Phi) is 6.08. The van der Waals surface area contributed by atoms with Gasteiger partial charge in [-0.25, -0.2) is 18.1 Å². The highest BCUT2D eigenvalue weighted by molar-refractivity contribution is 7.88. The number of benzene rings is 2. The Balaban J connectivity index is 1.53. The van der Waals surface area contributed by atoms with Crippen molar-refractivity contribution >= 4 is 21.6 Å². The van der Waals surface area contributed by atoms with Crippen LogP contribution < -0.4 is 4.72 Å². The van der Waals surface area contributed by atoms with Gasteiger partial charge in [0, 0.05) is 36.1 Å². The smallest absolute Gasteiger partial charge is 0.215 e. The lowest BCUT2D eigenvalue weighted by Crippen LogP contribution is -2.27. The van der Waals surface area contributed by atoms with E-state index in [-0.39, 0.29) is 5.75 Å². The molecule has 26 heavy (non-hydrogen) atoms. The van der Waals surface area contributed by atoms with Crippen LogP contribution in [0, 0.1) is 0 Å². The second kappa shape index (κ2) is 8.49. The van der Waals surface area contributed by atoms with E-state index in [1.54, 1.807) is 30.5 Å². The molecule has 3 rings (SSSR count). The zero-order valence-electron chi connectivity index (χ0n) is 14.2. The zero-order chi connectivity index (χ0) is 18.4. The number of aryl methyl sites for hydroxylation is 1. The first kappa shape index (κ1) is 18.6. The molecular formula is C19H20ClN3O2S. The number of hydrogen-bond acceptors (Lipinski definition) is 3. The summed E-state index contributed by atoms with van der Waals surface area (Å²) in [6.07, 6.45) is 4.32. The summed E-state index contributed by atoms with van der Waals surface area (Å²) in [5.41, 5.74) is 1.64. The third kappa shape index (κ3) is 4.94. The summed E-state index contributed by atoms with van der Waals surface area (Å²) in [5, 5.41) is 0.462. The molecule has 0 amide bonds. The maximum Gasteiger partial charge on any atom is 0.215 e. The summed E-state index contributed by atoms with van der Waals surface area (Å²) in [6.45, 7) is 1.04. The molecule has 0 bridgehead atoms. The van der Waals surface area contributed by atoms with Crippen molar-refractivity contribution in [1.82, 2.24) is 14.3 Å². The molecule has 7 heteroatoms. The van der Waals surface area contributed by atoms with Gasteiger partial charge in [-0.15, -0.1) is 0 Å². The fourth-order valence-corrected chi connectivity index (χ4v) is 4.19. The molecule has 0 spiro atoms. The Morgan fingerprint density at radius 1 is 1.04 bits per heavy atom. The SMILES string of the molecule is O=S(=O)(Cc1ccccc1Cl)NCCCn1ccnc1-c1ccccc1. The van der Waals surface area contributed by atoms with E-state index in [0.29, 0.717) is 30.1 Å². The lowest BCUT2D eigenvalue weighted by atomic mass is 10.2. The highest BCUT2D eigenvalue weighted by atomic mass is 35.5. The molecule has 2 aromatic carbocycles. The molecule has 0 saturated carbocycles. The van der Waals surface area contributed by atoms with Crippen molar-refractivity contribution in [3.05, 3.63) is 77.6 Å². The number of rotatable bonds is 8. The van der Waals surface area contributed by atoms with Gasteiger partial charge in [-0.1, -0.05) is 60.1 Å². The number of aromatic nitrogens is 2. The van der Waals surface area contributed by atoms with Crippen molar-refractivity contribution in [1.29, 1.82) is 0 Å². The summed E-state index contributed by atoms with van der Waals surface area (Å²) >= 11 is 6.03. The summed E-state index contributed by atoms with van der Waals surface area (Å²) < 4.78 is 29.1. The highest BCUT2D eigenvalue weighted by Gasteiger charge is 2.13. The minimum Gasteiger partial charge on any atom is -0.331 e. The maximum absolute atomic E-state index is 12.2. The van der Waals surface area contributed by atoms with Crippen molar-refractivity contribution in [2.75, 3.05) is 6.54 Å². The molecule has 0 fully saturated rings. The predicted molar refractivity (Wildman–Crippen MR) is 104 cm³/mol. The van der Waals surface area contributed by atoms with E-state index >= 15 is 0 Å². The monoisotopic (exact) mass is 389 g/mol. The third-order valence-corrected chi connectivity index (χ3v) is 5.65. The van der Waals surface area contributed by atoms with Crippen molar-refractivity contribution in [3.63, 3.8) is 0 Å². The Bertz CT molecular complexity index is 956. The summed E-state index contributed by atoms with van der Waals surface area (Å²) in [5.74, 6) is 0.761. The van der Waals surface area contributed by atoms with E-state index in [0.717, 1.165) is 11.4 Å². The van der Waals surface area contributed by atoms with Gasteiger partial charge < -0.3 is 4.57 Å². The molecule has 0 aliphatic rings. The van der Waals surface area contributed by atoms with Gasteiger partial charge in [0.1, 0.15) is 5.82 Å². The van der Waals surface area contributed by atoms with Crippen molar-refractivity contribution < 1.29 is 8.42 Å². The standard InChI is InChI=1S/C19H20ClN3O2S/c20-18-10-5-4-9-17(18)15-26(24,25)22-11-6-13-23-14-12-21-19(23)16-7-2-1-3-8-16/h1-5,7-10,12,14,22H,6,11,13,15H2. The average molecular weight is 390 g/mol. The van der Waals surface area contributed by atoms with Crippen LogP contribution in [0.15, 0.2) is 67.0 Å². The maximum atomic E-state index is 12.2. The minimum absolute atomic E-state index is 0.118. The molecule has 0 aliphatic heterocycles. The molecule has 1 N–H and O–H groups in total. The van der Waals surface area contributed by atoms with E-state index in [4.69, 9.17) is 11.6 Å². The molecule has 1 aromatic heterocycles. The van der Waals surface area contributed by atoms with Gasteiger partial charge in [0.05, 0.1) is 5.75 Å². The molecule has 1 heterocycles. The number of sulfonamides is 1. The highest BCUT2D eigenvalue weighted by Crippen LogP contribution is 2.18. The molecule has 3 aromatic rings. The van der Waals surface area contributed by atoms with E-state index in [1.807, 2.05) is 41.1 Å². The summed E-state index contributed by atoms with van der Waals surface area (Å²) in [7, 11) is -3.42. The Morgan fingerprint density at radius 2 is 1.77 bits per heavy atom.